The number of amides is 1. The zero-order valence-corrected chi connectivity index (χ0v) is 16.8. The molecule has 1 aliphatic rings. The molecule has 29 heavy (non-hydrogen) atoms. The average Bonchev–Trinajstić information content (AvgIpc) is 3.22. The summed E-state index contributed by atoms with van der Waals surface area (Å²) in [4.78, 5) is 38.1. The van der Waals surface area contributed by atoms with Crippen molar-refractivity contribution in [1.29, 1.82) is 0 Å². The van der Waals surface area contributed by atoms with Gasteiger partial charge in [-0.3, -0.25) is 14.2 Å². The van der Waals surface area contributed by atoms with E-state index in [4.69, 9.17) is 4.74 Å². The van der Waals surface area contributed by atoms with Crippen molar-refractivity contribution in [2.45, 2.75) is 37.6 Å². The molecule has 1 atom stereocenters. The molecule has 2 aromatic heterocycles. The van der Waals surface area contributed by atoms with Crippen LogP contribution < -0.4 is 10.9 Å². The van der Waals surface area contributed by atoms with Crippen molar-refractivity contribution < 1.29 is 9.53 Å². The van der Waals surface area contributed by atoms with Crippen molar-refractivity contribution in [2.75, 3.05) is 17.7 Å². The van der Waals surface area contributed by atoms with Crippen molar-refractivity contribution in [3.8, 4) is 0 Å². The van der Waals surface area contributed by atoms with Crippen LogP contribution in [0.2, 0.25) is 0 Å². The zero-order chi connectivity index (χ0) is 20.2. The molecule has 0 saturated carbocycles. The van der Waals surface area contributed by atoms with E-state index in [1.807, 2.05) is 31.2 Å². The summed E-state index contributed by atoms with van der Waals surface area (Å²) in [5, 5.41) is 3.31. The minimum absolute atomic E-state index is 0.0379. The molecule has 0 aliphatic carbocycles. The Morgan fingerprint density at radius 2 is 2.21 bits per heavy atom. The predicted octanol–water partition coefficient (Wildman–Crippen LogP) is 2.40. The quantitative estimate of drug-likeness (QED) is 0.491. The van der Waals surface area contributed by atoms with Crippen molar-refractivity contribution in [3.63, 3.8) is 0 Å². The van der Waals surface area contributed by atoms with E-state index in [0.29, 0.717) is 18.3 Å². The molecule has 3 heterocycles. The molecule has 1 aliphatic heterocycles. The van der Waals surface area contributed by atoms with Gasteiger partial charge in [0.1, 0.15) is 0 Å². The number of hydrogen-bond acceptors (Lipinski definition) is 7. The molecule has 150 valence electrons. The van der Waals surface area contributed by atoms with Gasteiger partial charge in [0.05, 0.1) is 18.4 Å². The van der Waals surface area contributed by atoms with E-state index in [0.717, 1.165) is 24.1 Å². The third-order valence-electron chi connectivity index (χ3n) is 4.60. The molecular formula is C20H21N5O3S. The Morgan fingerprint density at radius 1 is 1.34 bits per heavy atom. The number of nitrogens with zero attached hydrogens (tertiary/aromatic N) is 4. The first-order valence-electron chi connectivity index (χ1n) is 9.42. The van der Waals surface area contributed by atoms with E-state index < -0.39 is 0 Å². The highest BCUT2D eigenvalue weighted by Crippen LogP contribution is 2.20. The highest BCUT2D eigenvalue weighted by atomic mass is 32.2. The number of fused-ring (bicyclic) bond motifs is 1. The van der Waals surface area contributed by atoms with Crippen LogP contribution in [0.25, 0.3) is 11.2 Å². The van der Waals surface area contributed by atoms with Gasteiger partial charge in [0.25, 0.3) is 5.56 Å². The summed E-state index contributed by atoms with van der Waals surface area (Å²) in [6, 6.07) is 7.60. The third kappa shape index (κ3) is 4.63. The van der Waals surface area contributed by atoms with Crippen molar-refractivity contribution in [1.82, 2.24) is 19.5 Å². The number of hydrogen-bond donors (Lipinski definition) is 1. The number of anilines is 1. The highest BCUT2D eigenvalue weighted by Gasteiger charge is 2.21. The molecule has 0 bridgehead atoms. The first-order valence-corrected chi connectivity index (χ1v) is 10.4. The lowest BCUT2D eigenvalue weighted by atomic mass is 10.2. The predicted molar refractivity (Wildman–Crippen MR) is 111 cm³/mol. The minimum Gasteiger partial charge on any atom is -0.376 e. The number of thioether (sulfide) groups is 1. The van der Waals surface area contributed by atoms with Crippen LogP contribution in [-0.4, -0.2) is 43.9 Å². The first-order chi connectivity index (χ1) is 14.1. The van der Waals surface area contributed by atoms with Crippen LogP contribution in [-0.2, 0) is 16.1 Å². The minimum atomic E-state index is -0.264. The second kappa shape index (κ2) is 8.71. The molecular weight excluding hydrogens is 390 g/mol. The number of carbonyl (C=O) groups is 1. The van der Waals surface area contributed by atoms with Gasteiger partial charge < -0.3 is 10.1 Å². The maximum atomic E-state index is 13.0. The summed E-state index contributed by atoms with van der Waals surface area (Å²) in [5.74, 6) is -0.0460. The summed E-state index contributed by atoms with van der Waals surface area (Å²) in [5.41, 5.74) is 2.04. The van der Waals surface area contributed by atoms with Gasteiger partial charge in [-0.2, -0.15) is 0 Å². The summed E-state index contributed by atoms with van der Waals surface area (Å²) >= 11 is 1.21. The van der Waals surface area contributed by atoms with Gasteiger partial charge in [-0.05, 0) is 37.5 Å². The van der Waals surface area contributed by atoms with Gasteiger partial charge in [0.15, 0.2) is 16.3 Å². The van der Waals surface area contributed by atoms with Crippen molar-refractivity contribution in [3.05, 3.63) is 52.6 Å². The van der Waals surface area contributed by atoms with Crippen LogP contribution in [0.15, 0.2) is 46.6 Å². The maximum Gasteiger partial charge on any atom is 0.282 e. The van der Waals surface area contributed by atoms with Gasteiger partial charge in [-0.1, -0.05) is 23.9 Å². The molecule has 8 nitrogen and oxygen atoms in total. The Kier molecular flexibility index (Phi) is 5.86. The molecule has 4 rings (SSSR count). The molecule has 9 heteroatoms. The fraction of sp³-hybridized carbons (Fsp3) is 0.350. The summed E-state index contributed by atoms with van der Waals surface area (Å²) < 4.78 is 7.24. The van der Waals surface area contributed by atoms with Gasteiger partial charge in [0.2, 0.25) is 5.91 Å². The number of benzene rings is 1. The Labute approximate surface area is 171 Å². The summed E-state index contributed by atoms with van der Waals surface area (Å²) in [6.45, 7) is 3.05. The second-order valence-corrected chi connectivity index (χ2v) is 7.82. The van der Waals surface area contributed by atoms with E-state index in [9.17, 15) is 9.59 Å². The molecule has 0 spiro atoms. The van der Waals surface area contributed by atoms with Gasteiger partial charge in [0, 0.05) is 24.7 Å². The van der Waals surface area contributed by atoms with E-state index in [2.05, 4.69) is 20.3 Å². The summed E-state index contributed by atoms with van der Waals surface area (Å²) in [7, 11) is 0. The van der Waals surface area contributed by atoms with Gasteiger partial charge >= 0.3 is 0 Å². The summed E-state index contributed by atoms with van der Waals surface area (Å²) in [6.07, 6.45) is 4.80. The van der Waals surface area contributed by atoms with E-state index in [1.54, 1.807) is 4.57 Å². The van der Waals surface area contributed by atoms with Crippen molar-refractivity contribution in [2.24, 2.45) is 0 Å². The van der Waals surface area contributed by atoms with Crippen LogP contribution in [0.5, 0.6) is 0 Å². The van der Waals surface area contributed by atoms with Crippen LogP contribution in [0.3, 0.4) is 0 Å². The lowest BCUT2D eigenvalue weighted by Crippen LogP contribution is -2.30. The molecule has 1 amide bonds. The monoisotopic (exact) mass is 411 g/mol. The van der Waals surface area contributed by atoms with E-state index >= 15 is 0 Å². The topological polar surface area (TPSA) is 99.0 Å². The fourth-order valence-electron chi connectivity index (χ4n) is 3.24. The van der Waals surface area contributed by atoms with E-state index in [1.165, 1.54) is 24.2 Å². The molecule has 3 aromatic rings. The maximum absolute atomic E-state index is 13.0. The number of aromatic nitrogens is 4. The first kappa shape index (κ1) is 19.5. The second-order valence-electron chi connectivity index (χ2n) is 6.88. The molecule has 0 radical (unpaired) electrons. The standard InChI is InChI=1S/C20H21N5O3S/c1-13-4-2-5-14(10-13)23-16(26)12-29-20-24-18-17(21-7-8-22-18)19(27)25(20)11-15-6-3-9-28-15/h2,4-5,7-8,10,15H,3,6,9,11-12H2,1H3,(H,23,26)/t15-/m0/s1. The number of carbonyl (C=O) groups excluding carboxylic acids is 1. The largest absolute Gasteiger partial charge is 0.376 e. The normalized spacial score (nSPS) is 16.2. The Morgan fingerprint density at radius 3 is 3.00 bits per heavy atom. The Bertz CT molecular complexity index is 1090. The number of ether oxygens (including phenoxy) is 1. The average molecular weight is 411 g/mol. The molecule has 1 fully saturated rings. The number of nitrogens with one attached hydrogen (secondary N) is 1. The fourth-order valence-corrected chi connectivity index (χ4v) is 4.04. The number of aryl methyl sites for hydroxylation is 1. The van der Waals surface area contributed by atoms with Crippen LogP contribution in [0.1, 0.15) is 18.4 Å². The molecule has 1 aromatic carbocycles. The lowest BCUT2D eigenvalue weighted by molar-refractivity contribution is -0.113. The third-order valence-corrected chi connectivity index (χ3v) is 5.58. The molecule has 1 saturated heterocycles. The lowest BCUT2D eigenvalue weighted by Gasteiger charge is -2.15. The van der Waals surface area contributed by atoms with Gasteiger partial charge in [-0.15, -0.1) is 0 Å². The van der Waals surface area contributed by atoms with E-state index in [-0.39, 0.29) is 34.5 Å². The zero-order valence-electron chi connectivity index (χ0n) is 16.0. The van der Waals surface area contributed by atoms with Gasteiger partial charge in [-0.25, -0.2) is 15.0 Å². The highest BCUT2D eigenvalue weighted by molar-refractivity contribution is 7.99. The van der Waals surface area contributed by atoms with Crippen molar-refractivity contribution >= 4 is 34.5 Å². The van der Waals surface area contributed by atoms with Crippen LogP contribution >= 0.6 is 11.8 Å². The Balaban J connectivity index is 1.56. The molecule has 0 unspecified atom stereocenters. The smallest absolute Gasteiger partial charge is 0.282 e. The van der Waals surface area contributed by atoms with Crippen LogP contribution in [0, 0.1) is 6.92 Å². The SMILES string of the molecule is Cc1cccc(NC(=O)CSc2nc3nccnc3c(=O)n2C[C@@H]2CCCO2)c1. The molecule has 1 N–H and O–H groups in total. The number of rotatable bonds is 6. The Hall–Kier alpha value is -2.78. The van der Waals surface area contributed by atoms with Crippen LogP contribution in [0.4, 0.5) is 5.69 Å².